The van der Waals surface area contributed by atoms with Crippen LogP contribution in [0.2, 0.25) is 5.02 Å². The lowest BCUT2D eigenvalue weighted by molar-refractivity contribution is 0.0692. The monoisotopic (exact) mass is 346 g/mol. The maximum Gasteiger partial charge on any atom is 0.336 e. The highest BCUT2D eigenvalue weighted by atomic mass is 79.9. The van der Waals surface area contributed by atoms with E-state index in [1.165, 1.54) is 17.4 Å². The summed E-state index contributed by atoms with van der Waals surface area (Å²) >= 11 is 10.3. The van der Waals surface area contributed by atoms with Gasteiger partial charge in [-0.15, -0.1) is 11.3 Å². The van der Waals surface area contributed by atoms with E-state index in [1.54, 1.807) is 23.6 Å². The van der Waals surface area contributed by atoms with Crippen LogP contribution in [0.1, 0.15) is 26.9 Å². The molecule has 2 rings (SSSR count). The Kier molecular flexibility index (Phi) is 4.07. The van der Waals surface area contributed by atoms with Crippen LogP contribution in [0.4, 0.5) is 0 Å². The third-order valence-corrected chi connectivity index (χ3v) is 4.32. The lowest BCUT2D eigenvalue weighted by Gasteiger charge is -2.12. The number of carboxylic acids is 1. The van der Waals surface area contributed by atoms with Crippen LogP contribution in [-0.2, 0) is 0 Å². The van der Waals surface area contributed by atoms with Crippen molar-refractivity contribution in [1.82, 2.24) is 0 Å². The van der Waals surface area contributed by atoms with E-state index in [-0.39, 0.29) is 5.56 Å². The van der Waals surface area contributed by atoms with E-state index < -0.39 is 12.1 Å². The van der Waals surface area contributed by atoms with Crippen LogP contribution in [0.5, 0.6) is 0 Å². The normalized spacial score (nSPS) is 12.4. The second-order valence-corrected chi connectivity index (χ2v) is 5.81. The summed E-state index contributed by atoms with van der Waals surface area (Å²) in [7, 11) is 0. The number of halogens is 2. The molecule has 2 N–H and O–H groups in total. The fourth-order valence-corrected chi connectivity index (χ4v) is 3.36. The van der Waals surface area contributed by atoms with Gasteiger partial charge in [-0.3, -0.25) is 0 Å². The van der Waals surface area contributed by atoms with Crippen molar-refractivity contribution >= 4 is 44.8 Å². The fraction of sp³-hybridized carbons (Fsp3) is 0.0833. The SMILES string of the molecule is O=C(O)c1ccsc1C(O)c1ccc(Cl)cc1Br. The first-order chi connectivity index (χ1) is 8.50. The molecule has 0 spiro atoms. The average Bonchev–Trinajstić information content (AvgIpc) is 2.77. The minimum absolute atomic E-state index is 0.120. The fourth-order valence-electron chi connectivity index (χ4n) is 1.57. The largest absolute Gasteiger partial charge is 0.478 e. The Morgan fingerprint density at radius 3 is 2.72 bits per heavy atom. The molecule has 1 aromatic heterocycles. The van der Waals surface area contributed by atoms with Crippen LogP contribution in [0.3, 0.4) is 0 Å². The van der Waals surface area contributed by atoms with Gasteiger partial charge in [-0.2, -0.15) is 0 Å². The summed E-state index contributed by atoms with van der Waals surface area (Å²) in [4.78, 5) is 11.4. The standard InChI is InChI=1S/C12H8BrClO3S/c13-9-5-6(14)1-2-7(9)10(15)11-8(12(16)17)3-4-18-11/h1-5,10,15H,(H,16,17). The first-order valence-corrected chi connectivity index (χ1v) is 6.99. The van der Waals surface area contributed by atoms with Gasteiger partial charge in [-0.1, -0.05) is 33.6 Å². The summed E-state index contributed by atoms with van der Waals surface area (Å²) in [6.45, 7) is 0. The van der Waals surface area contributed by atoms with Gasteiger partial charge in [0, 0.05) is 15.1 Å². The van der Waals surface area contributed by atoms with Crippen LogP contribution < -0.4 is 0 Å². The Labute approximate surface area is 121 Å². The maximum atomic E-state index is 11.0. The van der Waals surface area contributed by atoms with Gasteiger partial charge >= 0.3 is 5.97 Å². The molecule has 0 saturated carbocycles. The zero-order valence-corrected chi connectivity index (χ0v) is 12.1. The molecular weight excluding hydrogens is 340 g/mol. The van der Waals surface area contributed by atoms with Gasteiger partial charge in [0.1, 0.15) is 6.10 Å². The van der Waals surface area contributed by atoms with Crippen molar-refractivity contribution in [2.75, 3.05) is 0 Å². The van der Waals surface area contributed by atoms with Crippen molar-refractivity contribution in [3.05, 3.63) is 55.1 Å². The molecule has 0 aliphatic rings. The summed E-state index contributed by atoms with van der Waals surface area (Å²) in [5, 5.41) is 21.5. The first kappa shape index (κ1) is 13.5. The van der Waals surface area contributed by atoms with Gasteiger partial charge < -0.3 is 10.2 Å². The quantitative estimate of drug-likeness (QED) is 0.884. The van der Waals surface area contributed by atoms with Crippen LogP contribution >= 0.6 is 38.9 Å². The molecule has 1 aromatic carbocycles. The molecule has 0 radical (unpaired) electrons. The predicted molar refractivity (Wildman–Crippen MR) is 74.5 cm³/mol. The predicted octanol–water partition coefficient (Wildman–Crippen LogP) is 3.94. The number of hydrogen-bond acceptors (Lipinski definition) is 3. The number of aliphatic hydroxyl groups excluding tert-OH is 1. The second-order valence-electron chi connectivity index (χ2n) is 3.57. The maximum absolute atomic E-state index is 11.0. The molecule has 3 nitrogen and oxygen atoms in total. The highest BCUT2D eigenvalue weighted by molar-refractivity contribution is 9.10. The van der Waals surface area contributed by atoms with Crippen molar-refractivity contribution in [2.24, 2.45) is 0 Å². The number of benzene rings is 1. The van der Waals surface area contributed by atoms with Gasteiger partial charge in [0.2, 0.25) is 0 Å². The van der Waals surface area contributed by atoms with Gasteiger partial charge in [-0.25, -0.2) is 4.79 Å². The number of thiophene rings is 1. The van der Waals surface area contributed by atoms with E-state index in [2.05, 4.69) is 15.9 Å². The van der Waals surface area contributed by atoms with Crippen molar-refractivity contribution in [3.63, 3.8) is 0 Å². The summed E-state index contributed by atoms with van der Waals surface area (Å²) < 4.78 is 0.646. The lowest BCUT2D eigenvalue weighted by Crippen LogP contribution is -2.05. The smallest absolute Gasteiger partial charge is 0.336 e. The van der Waals surface area contributed by atoms with Crippen LogP contribution in [-0.4, -0.2) is 16.2 Å². The molecule has 0 amide bonds. The highest BCUT2D eigenvalue weighted by Gasteiger charge is 2.21. The number of hydrogen-bond donors (Lipinski definition) is 2. The van der Waals surface area contributed by atoms with Crippen molar-refractivity contribution in [3.8, 4) is 0 Å². The summed E-state index contributed by atoms with van der Waals surface area (Å²) in [5.74, 6) is -1.05. The average molecular weight is 348 g/mol. The van der Waals surface area contributed by atoms with Crippen LogP contribution in [0.15, 0.2) is 34.1 Å². The van der Waals surface area contributed by atoms with Gasteiger partial charge in [0.25, 0.3) is 0 Å². The summed E-state index contributed by atoms with van der Waals surface area (Å²) in [6.07, 6.45) is -0.984. The van der Waals surface area contributed by atoms with Gasteiger partial charge in [0.05, 0.1) is 10.4 Å². The van der Waals surface area contributed by atoms with E-state index in [9.17, 15) is 9.90 Å². The molecule has 0 saturated heterocycles. The van der Waals surface area contributed by atoms with Gasteiger partial charge in [0.15, 0.2) is 0 Å². The van der Waals surface area contributed by atoms with E-state index >= 15 is 0 Å². The van der Waals surface area contributed by atoms with Gasteiger partial charge in [-0.05, 0) is 23.6 Å². The van der Waals surface area contributed by atoms with Crippen molar-refractivity contribution < 1.29 is 15.0 Å². The lowest BCUT2D eigenvalue weighted by atomic mass is 10.1. The molecule has 2 aromatic rings. The zero-order chi connectivity index (χ0) is 13.3. The number of carboxylic acid groups (broad SMARTS) is 1. The Hall–Kier alpha value is -0.880. The van der Waals surface area contributed by atoms with Crippen molar-refractivity contribution in [1.29, 1.82) is 0 Å². The molecule has 0 aliphatic heterocycles. The van der Waals surface area contributed by atoms with E-state index in [0.29, 0.717) is 19.9 Å². The summed E-state index contributed by atoms with van der Waals surface area (Å²) in [6, 6.07) is 6.46. The molecule has 1 atom stereocenters. The molecule has 1 unspecified atom stereocenters. The number of rotatable bonds is 3. The molecule has 0 bridgehead atoms. The Balaban J connectivity index is 2.44. The zero-order valence-electron chi connectivity index (χ0n) is 8.93. The molecule has 18 heavy (non-hydrogen) atoms. The third kappa shape index (κ3) is 2.59. The summed E-state index contributed by atoms with van der Waals surface area (Å²) in [5.41, 5.74) is 0.707. The first-order valence-electron chi connectivity index (χ1n) is 4.94. The Bertz CT molecular complexity index is 597. The molecule has 0 aliphatic carbocycles. The number of aliphatic hydroxyl groups is 1. The van der Waals surface area contributed by atoms with Crippen molar-refractivity contribution in [2.45, 2.75) is 6.10 Å². The second kappa shape index (κ2) is 5.40. The Morgan fingerprint density at radius 1 is 1.39 bits per heavy atom. The molecular formula is C12H8BrClO3S. The number of carbonyl (C=O) groups is 1. The Morgan fingerprint density at radius 2 is 2.11 bits per heavy atom. The number of aromatic carboxylic acids is 1. The van der Waals surface area contributed by atoms with E-state index in [1.807, 2.05) is 0 Å². The topological polar surface area (TPSA) is 57.5 Å². The van der Waals surface area contributed by atoms with Crippen LogP contribution in [0.25, 0.3) is 0 Å². The highest BCUT2D eigenvalue weighted by Crippen LogP contribution is 2.34. The molecule has 1 heterocycles. The third-order valence-electron chi connectivity index (χ3n) is 2.43. The van der Waals surface area contributed by atoms with E-state index in [0.717, 1.165) is 0 Å². The molecule has 0 fully saturated rings. The van der Waals surface area contributed by atoms with Crippen LogP contribution in [0, 0.1) is 0 Å². The molecule has 6 heteroatoms. The minimum Gasteiger partial charge on any atom is -0.478 e. The molecule has 94 valence electrons. The minimum atomic E-state index is -1.05. The van der Waals surface area contributed by atoms with E-state index in [4.69, 9.17) is 16.7 Å².